The van der Waals surface area contributed by atoms with Crippen LogP contribution in [0.5, 0.6) is 0 Å². The molecule has 1 atom stereocenters. The third-order valence-corrected chi connectivity index (χ3v) is 5.31. The second-order valence-electron chi connectivity index (χ2n) is 7.30. The second-order valence-corrected chi connectivity index (χ2v) is 7.30. The van der Waals surface area contributed by atoms with Gasteiger partial charge in [-0.1, -0.05) is 0 Å². The molecular formula is C16H26ClN5O4. The van der Waals surface area contributed by atoms with E-state index in [1.54, 1.807) is 18.7 Å². The van der Waals surface area contributed by atoms with Crippen LogP contribution in [0.3, 0.4) is 0 Å². The molecule has 0 bridgehead atoms. The van der Waals surface area contributed by atoms with Crippen molar-refractivity contribution >= 4 is 36.2 Å². The number of piperidine rings is 1. The van der Waals surface area contributed by atoms with Crippen LogP contribution < -0.4 is 10.6 Å². The smallest absolute Gasteiger partial charge is 0.325 e. The Balaban J connectivity index is 0.00000243. The summed E-state index contributed by atoms with van der Waals surface area (Å²) in [6.45, 7) is 5.97. The number of likely N-dealkylation sites (tertiary alicyclic amines) is 1. The van der Waals surface area contributed by atoms with Crippen molar-refractivity contribution in [2.75, 3.05) is 39.3 Å². The first-order chi connectivity index (χ1) is 11.8. The van der Waals surface area contributed by atoms with Crippen molar-refractivity contribution in [3.05, 3.63) is 0 Å². The fourth-order valence-corrected chi connectivity index (χ4v) is 3.64. The van der Waals surface area contributed by atoms with Gasteiger partial charge in [0, 0.05) is 32.2 Å². The van der Waals surface area contributed by atoms with Gasteiger partial charge in [0.1, 0.15) is 12.1 Å². The summed E-state index contributed by atoms with van der Waals surface area (Å²) in [4.78, 5) is 53.3. The summed E-state index contributed by atoms with van der Waals surface area (Å²) in [7, 11) is 0. The zero-order valence-electron chi connectivity index (χ0n) is 15.1. The third kappa shape index (κ3) is 3.78. The van der Waals surface area contributed by atoms with Crippen molar-refractivity contribution < 1.29 is 19.2 Å². The van der Waals surface area contributed by atoms with Gasteiger partial charge in [-0.2, -0.15) is 0 Å². The predicted octanol–water partition coefficient (Wildman–Crippen LogP) is -0.839. The molecule has 9 nitrogen and oxygen atoms in total. The Morgan fingerprint density at radius 1 is 1.23 bits per heavy atom. The minimum Gasteiger partial charge on any atom is -0.339 e. The quantitative estimate of drug-likeness (QED) is 0.615. The number of carbonyl (C=O) groups excluding carboxylic acids is 4. The molecule has 0 spiro atoms. The molecule has 26 heavy (non-hydrogen) atoms. The number of hydrogen-bond acceptors (Lipinski definition) is 5. The summed E-state index contributed by atoms with van der Waals surface area (Å²) in [5, 5.41) is 5.30. The fraction of sp³-hybridized carbons (Fsp3) is 0.750. The molecule has 3 saturated heterocycles. The first-order valence-corrected chi connectivity index (χ1v) is 8.71. The van der Waals surface area contributed by atoms with Gasteiger partial charge >= 0.3 is 6.03 Å². The molecular weight excluding hydrogens is 362 g/mol. The largest absolute Gasteiger partial charge is 0.339 e. The molecule has 1 unspecified atom stereocenters. The van der Waals surface area contributed by atoms with Gasteiger partial charge in [-0.15, -0.1) is 12.4 Å². The number of halogens is 1. The molecule has 3 aliphatic heterocycles. The Kier molecular flexibility index (Phi) is 6.13. The molecule has 0 aliphatic carbocycles. The Morgan fingerprint density at radius 2 is 1.96 bits per heavy atom. The van der Waals surface area contributed by atoms with Crippen LogP contribution in [-0.4, -0.2) is 89.3 Å². The maximum absolute atomic E-state index is 12.7. The van der Waals surface area contributed by atoms with E-state index in [2.05, 4.69) is 10.6 Å². The van der Waals surface area contributed by atoms with E-state index < -0.39 is 17.5 Å². The van der Waals surface area contributed by atoms with E-state index >= 15 is 0 Å². The minimum absolute atomic E-state index is 0. The highest BCUT2D eigenvalue weighted by Gasteiger charge is 2.46. The Morgan fingerprint density at radius 3 is 2.58 bits per heavy atom. The Bertz CT molecular complexity index is 611. The number of piperazine rings is 1. The van der Waals surface area contributed by atoms with Gasteiger partial charge in [-0.05, 0) is 26.7 Å². The zero-order valence-corrected chi connectivity index (χ0v) is 15.9. The lowest BCUT2D eigenvalue weighted by atomic mass is 10.0. The molecule has 0 aromatic carbocycles. The number of urea groups is 1. The van der Waals surface area contributed by atoms with Crippen LogP contribution in [0.2, 0.25) is 0 Å². The molecule has 3 aliphatic rings. The topological polar surface area (TPSA) is 102 Å². The lowest BCUT2D eigenvalue weighted by Crippen LogP contribution is -2.58. The van der Waals surface area contributed by atoms with Gasteiger partial charge in [0.25, 0.3) is 5.91 Å². The first kappa shape index (κ1) is 20.4. The monoisotopic (exact) mass is 387 g/mol. The van der Waals surface area contributed by atoms with Crippen LogP contribution in [0.4, 0.5) is 4.79 Å². The first-order valence-electron chi connectivity index (χ1n) is 8.71. The average Bonchev–Trinajstić information content (AvgIpc) is 2.77. The average molecular weight is 388 g/mol. The van der Waals surface area contributed by atoms with Crippen molar-refractivity contribution in [3.8, 4) is 0 Å². The lowest BCUT2D eigenvalue weighted by molar-refractivity contribution is -0.141. The van der Waals surface area contributed by atoms with Crippen molar-refractivity contribution in [2.45, 2.75) is 38.3 Å². The SMILES string of the molecule is CC1(C)C(=O)NC(=O)N1CC(=O)N1CCCC(N2CCNCC2=O)C1.Cl. The molecule has 2 N–H and O–H groups in total. The Hall–Kier alpha value is -1.87. The van der Waals surface area contributed by atoms with E-state index in [1.165, 1.54) is 4.90 Å². The Labute approximate surface area is 158 Å². The van der Waals surface area contributed by atoms with Gasteiger partial charge < -0.3 is 20.0 Å². The van der Waals surface area contributed by atoms with E-state index in [4.69, 9.17) is 0 Å². The summed E-state index contributed by atoms with van der Waals surface area (Å²) >= 11 is 0. The van der Waals surface area contributed by atoms with Crippen LogP contribution in [0.25, 0.3) is 0 Å². The molecule has 3 heterocycles. The second kappa shape index (κ2) is 7.79. The summed E-state index contributed by atoms with van der Waals surface area (Å²) in [6, 6.07) is -0.511. The van der Waals surface area contributed by atoms with Crippen LogP contribution >= 0.6 is 12.4 Å². The van der Waals surface area contributed by atoms with E-state index in [9.17, 15) is 19.2 Å². The van der Waals surface area contributed by atoms with Gasteiger partial charge in [-0.3, -0.25) is 19.7 Å². The fourth-order valence-electron chi connectivity index (χ4n) is 3.64. The predicted molar refractivity (Wildman–Crippen MR) is 95.8 cm³/mol. The van der Waals surface area contributed by atoms with E-state index in [0.29, 0.717) is 26.2 Å². The van der Waals surface area contributed by atoms with Crippen molar-refractivity contribution in [1.29, 1.82) is 0 Å². The summed E-state index contributed by atoms with van der Waals surface area (Å²) in [5.74, 6) is -0.519. The molecule has 10 heteroatoms. The molecule has 146 valence electrons. The number of nitrogens with one attached hydrogen (secondary N) is 2. The number of amides is 5. The summed E-state index contributed by atoms with van der Waals surface area (Å²) < 4.78 is 0. The van der Waals surface area contributed by atoms with E-state index in [1.807, 2.05) is 4.90 Å². The summed E-state index contributed by atoms with van der Waals surface area (Å²) in [5.41, 5.74) is -1.03. The molecule has 0 saturated carbocycles. The highest BCUT2D eigenvalue weighted by atomic mass is 35.5. The number of nitrogens with zero attached hydrogens (tertiary/aromatic N) is 3. The third-order valence-electron chi connectivity index (χ3n) is 5.31. The number of imide groups is 1. The minimum atomic E-state index is -1.03. The maximum Gasteiger partial charge on any atom is 0.325 e. The van der Waals surface area contributed by atoms with Gasteiger partial charge in [0.15, 0.2) is 0 Å². The normalized spacial score (nSPS) is 25.8. The zero-order chi connectivity index (χ0) is 18.2. The van der Waals surface area contributed by atoms with Gasteiger partial charge in [0.2, 0.25) is 11.8 Å². The highest BCUT2D eigenvalue weighted by molar-refractivity contribution is 6.07. The standard InChI is InChI=1S/C16H25N5O4.ClH/c1-16(2)14(24)18-15(25)21(16)10-13(23)19-6-3-4-11(9-19)20-7-5-17-8-12(20)22;/h11,17H,3-10H2,1-2H3,(H,18,24,25);1H. The number of carbonyl (C=O) groups is 4. The highest BCUT2D eigenvalue weighted by Crippen LogP contribution is 2.22. The van der Waals surface area contributed by atoms with Crippen LogP contribution in [0.15, 0.2) is 0 Å². The molecule has 0 aromatic heterocycles. The van der Waals surface area contributed by atoms with Gasteiger partial charge in [-0.25, -0.2) is 4.79 Å². The van der Waals surface area contributed by atoms with Crippen LogP contribution in [0, 0.1) is 0 Å². The van der Waals surface area contributed by atoms with Crippen LogP contribution in [-0.2, 0) is 14.4 Å². The molecule has 3 fully saturated rings. The van der Waals surface area contributed by atoms with Crippen LogP contribution in [0.1, 0.15) is 26.7 Å². The summed E-state index contributed by atoms with van der Waals surface area (Å²) in [6.07, 6.45) is 1.70. The molecule has 5 amide bonds. The lowest BCUT2D eigenvalue weighted by Gasteiger charge is -2.41. The molecule has 0 radical (unpaired) electrons. The number of rotatable bonds is 3. The van der Waals surface area contributed by atoms with E-state index in [-0.39, 0.29) is 36.8 Å². The van der Waals surface area contributed by atoms with Gasteiger partial charge in [0.05, 0.1) is 6.54 Å². The van der Waals surface area contributed by atoms with E-state index in [0.717, 1.165) is 19.4 Å². The van der Waals surface area contributed by atoms with Crippen molar-refractivity contribution in [2.24, 2.45) is 0 Å². The maximum atomic E-state index is 12.7. The van der Waals surface area contributed by atoms with Crippen molar-refractivity contribution in [3.63, 3.8) is 0 Å². The van der Waals surface area contributed by atoms with Crippen molar-refractivity contribution in [1.82, 2.24) is 25.3 Å². The number of hydrogen-bond donors (Lipinski definition) is 2. The molecule has 3 rings (SSSR count). The molecule has 0 aromatic rings.